The third kappa shape index (κ3) is 1.44. The highest BCUT2D eigenvalue weighted by Gasteiger charge is 2.44. The molecule has 0 radical (unpaired) electrons. The highest BCUT2D eigenvalue weighted by atomic mass is 16.2. The van der Waals surface area contributed by atoms with Gasteiger partial charge in [0.15, 0.2) is 0 Å². The van der Waals surface area contributed by atoms with Gasteiger partial charge in [0, 0.05) is 31.1 Å². The fourth-order valence-electron chi connectivity index (χ4n) is 2.74. The van der Waals surface area contributed by atoms with Gasteiger partial charge in [-0.05, 0) is 13.0 Å². The zero-order valence-electron chi connectivity index (χ0n) is 9.36. The lowest BCUT2D eigenvalue weighted by atomic mass is 10.1. The van der Waals surface area contributed by atoms with Crippen LogP contribution in [0.2, 0.25) is 0 Å². The first-order valence-corrected chi connectivity index (χ1v) is 5.68. The van der Waals surface area contributed by atoms with E-state index in [4.69, 9.17) is 0 Å². The normalized spacial score (nSPS) is 31.9. The van der Waals surface area contributed by atoms with Gasteiger partial charge in [-0.15, -0.1) is 0 Å². The maximum absolute atomic E-state index is 11.8. The molecule has 0 aromatic carbocycles. The third-order valence-corrected chi connectivity index (χ3v) is 3.54. The molecule has 3 nitrogen and oxygen atoms in total. The van der Waals surface area contributed by atoms with Crippen LogP contribution in [0.3, 0.4) is 0 Å². The predicted octanol–water partition coefficient (Wildman–Crippen LogP) is 0.947. The van der Waals surface area contributed by atoms with Crippen molar-refractivity contribution < 1.29 is 4.79 Å². The van der Waals surface area contributed by atoms with Crippen LogP contribution in [0, 0.1) is 5.92 Å². The Bertz CT molecular complexity index is 239. The molecular formula is C11H20N2O. The molecule has 2 rings (SSSR count). The predicted molar refractivity (Wildman–Crippen MR) is 56.0 cm³/mol. The minimum Gasteiger partial charge on any atom is -0.337 e. The molecule has 0 aromatic heterocycles. The van der Waals surface area contributed by atoms with E-state index in [1.165, 1.54) is 6.42 Å². The SMILES string of the molecule is CCN1CC2C[C@@H]1CN2C(=O)C(C)C. The zero-order chi connectivity index (χ0) is 10.3. The number of rotatable bonds is 2. The first-order valence-electron chi connectivity index (χ1n) is 5.68. The second-order valence-electron chi connectivity index (χ2n) is 4.78. The van der Waals surface area contributed by atoms with E-state index < -0.39 is 0 Å². The average molecular weight is 196 g/mol. The van der Waals surface area contributed by atoms with E-state index in [9.17, 15) is 4.79 Å². The van der Waals surface area contributed by atoms with E-state index in [2.05, 4.69) is 16.7 Å². The number of carbonyl (C=O) groups excluding carboxylic acids is 1. The maximum atomic E-state index is 11.8. The summed E-state index contributed by atoms with van der Waals surface area (Å²) in [4.78, 5) is 16.4. The molecule has 2 bridgehead atoms. The lowest BCUT2D eigenvalue weighted by Gasteiger charge is -2.34. The van der Waals surface area contributed by atoms with Gasteiger partial charge in [0.2, 0.25) is 5.91 Å². The second kappa shape index (κ2) is 3.54. The number of piperazine rings is 1. The van der Waals surface area contributed by atoms with Gasteiger partial charge in [-0.25, -0.2) is 0 Å². The monoisotopic (exact) mass is 196 g/mol. The first-order chi connectivity index (χ1) is 6.63. The van der Waals surface area contributed by atoms with Gasteiger partial charge in [-0.2, -0.15) is 0 Å². The fourth-order valence-corrected chi connectivity index (χ4v) is 2.74. The molecule has 2 fully saturated rings. The molecule has 0 aliphatic carbocycles. The van der Waals surface area contributed by atoms with E-state index >= 15 is 0 Å². The lowest BCUT2D eigenvalue weighted by molar-refractivity contribution is -0.136. The molecule has 2 aliphatic rings. The molecule has 14 heavy (non-hydrogen) atoms. The molecule has 0 spiro atoms. The van der Waals surface area contributed by atoms with Crippen LogP contribution in [0.4, 0.5) is 0 Å². The number of hydrogen-bond acceptors (Lipinski definition) is 2. The van der Waals surface area contributed by atoms with Crippen LogP contribution in [0.5, 0.6) is 0 Å². The van der Waals surface area contributed by atoms with E-state index in [1.807, 2.05) is 13.8 Å². The van der Waals surface area contributed by atoms with Crippen LogP contribution in [0.25, 0.3) is 0 Å². The van der Waals surface area contributed by atoms with E-state index in [-0.39, 0.29) is 5.92 Å². The summed E-state index contributed by atoms with van der Waals surface area (Å²) in [5.74, 6) is 0.498. The number of likely N-dealkylation sites (N-methyl/N-ethyl adjacent to an activating group) is 1. The van der Waals surface area contributed by atoms with Gasteiger partial charge in [0.05, 0.1) is 0 Å². The Morgan fingerprint density at radius 3 is 2.50 bits per heavy atom. The summed E-state index contributed by atoms with van der Waals surface area (Å²) >= 11 is 0. The Morgan fingerprint density at radius 1 is 1.36 bits per heavy atom. The van der Waals surface area contributed by atoms with Gasteiger partial charge in [-0.3, -0.25) is 9.69 Å². The molecule has 1 unspecified atom stereocenters. The van der Waals surface area contributed by atoms with E-state index in [0.29, 0.717) is 18.0 Å². The zero-order valence-corrected chi connectivity index (χ0v) is 9.36. The number of likely N-dealkylation sites (tertiary alicyclic amines) is 2. The molecule has 0 aromatic rings. The van der Waals surface area contributed by atoms with Crippen molar-refractivity contribution >= 4 is 5.91 Å². The Labute approximate surface area is 86.1 Å². The van der Waals surface area contributed by atoms with Crippen LogP contribution in [-0.4, -0.2) is 47.4 Å². The summed E-state index contributed by atoms with van der Waals surface area (Å²) in [5, 5.41) is 0. The molecule has 3 heteroatoms. The minimum atomic E-state index is 0.157. The third-order valence-electron chi connectivity index (χ3n) is 3.54. The summed E-state index contributed by atoms with van der Waals surface area (Å²) in [6.07, 6.45) is 1.20. The summed E-state index contributed by atoms with van der Waals surface area (Å²) in [5.41, 5.74) is 0. The highest BCUT2D eigenvalue weighted by Crippen LogP contribution is 2.31. The van der Waals surface area contributed by atoms with Gasteiger partial charge >= 0.3 is 0 Å². The van der Waals surface area contributed by atoms with Gasteiger partial charge in [0.25, 0.3) is 0 Å². The topological polar surface area (TPSA) is 23.6 Å². The van der Waals surface area contributed by atoms with Crippen molar-refractivity contribution in [1.82, 2.24) is 9.80 Å². The number of nitrogens with zero attached hydrogens (tertiary/aromatic N) is 2. The smallest absolute Gasteiger partial charge is 0.225 e. The number of carbonyl (C=O) groups is 1. The standard InChI is InChI=1S/C11H20N2O/c1-4-12-6-10-5-9(12)7-13(10)11(14)8(2)3/h8-10H,4-7H2,1-3H3/t9-,10?/m1/s1. The summed E-state index contributed by atoms with van der Waals surface area (Å²) < 4.78 is 0. The van der Waals surface area contributed by atoms with Crippen LogP contribution < -0.4 is 0 Å². The molecule has 0 saturated carbocycles. The van der Waals surface area contributed by atoms with Crippen molar-refractivity contribution in [2.45, 2.75) is 39.3 Å². The average Bonchev–Trinajstić information content (AvgIpc) is 2.74. The molecular weight excluding hydrogens is 176 g/mol. The van der Waals surface area contributed by atoms with Crippen LogP contribution >= 0.6 is 0 Å². The molecule has 1 amide bonds. The Morgan fingerprint density at radius 2 is 2.07 bits per heavy atom. The van der Waals surface area contributed by atoms with Crippen molar-refractivity contribution in [2.75, 3.05) is 19.6 Å². The lowest BCUT2D eigenvalue weighted by Crippen LogP contribution is -2.49. The van der Waals surface area contributed by atoms with Crippen LogP contribution in [0.1, 0.15) is 27.2 Å². The van der Waals surface area contributed by atoms with Crippen molar-refractivity contribution in [3.63, 3.8) is 0 Å². The first kappa shape index (κ1) is 9.97. The highest BCUT2D eigenvalue weighted by molar-refractivity contribution is 5.79. The van der Waals surface area contributed by atoms with Gasteiger partial charge in [0.1, 0.15) is 0 Å². The largest absolute Gasteiger partial charge is 0.337 e. The fraction of sp³-hybridized carbons (Fsp3) is 0.909. The quantitative estimate of drug-likeness (QED) is 0.656. The van der Waals surface area contributed by atoms with E-state index in [0.717, 1.165) is 19.6 Å². The number of fused-ring (bicyclic) bond motifs is 2. The molecule has 80 valence electrons. The number of hydrogen-bond donors (Lipinski definition) is 0. The molecule has 0 N–H and O–H groups in total. The van der Waals surface area contributed by atoms with Crippen molar-refractivity contribution in [2.24, 2.45) is 5.92 Å². The van der Waals surface area contributed by atoms with E-state index in [1.54, 1.807) is 0 Å². The summed E-state index contributed by atoms with van der Waals surface area (Å²) in [6.45, 7) is 9.38. The molecule has 2 heterocycles. The number of amides is 1. The van der Waals surface area contributed by atoms with Crippen molar-refractivity contribution in [1.29, 1.82) is 0 Å². The second-order valence-corrected chi connectivity index (χ2v) is 4.78. The van der Waals surface area contributed by atoms with Crippen molar-refractivity contribution in [3.05, 3.63) is 0 Å². The van der Waals surface area contributed by atoms with Gasteiger partial charge in [-0.1, -0.05) is 20.8 Å². The minimum absolute atomic E-state index is 0.157. The maximum Gasteiger partial charge on any atom is 0.225 e. The molecule has 2 atom stereocenters. The van der Waals surface area contributed by atoms with Crippen LogP contribution in [-0.2, 0) is 4.79 Å². The van der Waals surface area contributed by atoms with Crippen molar-refractivity contribution in [3.8, 4) is 0 Å². The van der Waals surface area contributed by atoms with Crippen LogP contribution in [0.15, 0.2) is 0 Å². The summed E-state index contributed by atoms with van der Waals surface area (Å²) in [6, 6.07) is 1.16. The molecule has 2 aliphatic heterocycles. The Kier molecular flexibility index (Phi) is 2.52. The van der Waals surface area contributed by atoms with Gasteiger partial charge < -0.3 is 4.90 Å². The Balaban J connectivity index is 1.99. The Hall–Kier alpha value is -0.570. The summed E-state index contributed by atoms with van der Waals surface area (Å²) in [7, 11) is 0. The molecule has 2 saturated heterocycles.